The normalized spacial score (nSPS) is 19.4. The van der Waals surface area contributed by atoms with E-state index in [0.29, 0.717) is 19.3 Å². The third-order valence-corrected chi connectivity index (χ3v) is 6.71. The van der Waals surface area contributed by atoms with Gasteiger partial charge < -0.3 is 4.74 Å². The number of esters is 1. The highest BCUT2D eigenvalue weighted by Crippen LogP contribution is 2.31. The van der Waals surface area contributed by atoms with Gasteiger partial charge in [-0.2, -0.15) is 5.10 Å². The van der Waals surface area contributed by atoms with Crippen LogP contribution in [-0.4, -0.2) is 47.8 Å². The zero-order valence-electron chi connectivity index (χ0n) is 15.0. The predicted molar refractivity (Wildman–Crippen MR) is 94.4 cm³/mol. The van der Waals surface area contributed by atoms with Crippen molar-refractivity contribution >= 4 is 26.8 Å². The van der Waals surface area contributed by atoms with E-state index in [1.165, 1.54) is 7.11 Å². The summed E-state index contributed by atoms with van der Waals surface area (Å²) in [5, 5.41) is 5.54. The van der Waals surface area contributed by atoms with Crippen molar-refractivity contribution < 1.29 is 17.9 Å². The highest BCUT2D eigenvalue weighted by molar-refractivity contribution is 7.91. The Morgan fingerprint density at radius 2 is 2.00 bits per heavy atom. The van der Waals surface area contributed by atoms with Gasteiger partial charge >= 0.3 is 5.97 Å². The van der Waals surface area contributed by atoms with Crippen LogP contribution in [0.4, 0.5) is 0 Å². The minimum atomic E-state index is -2.99. The van der Waals surface area contributed by atoms with Gasteiger partial charge in [-0.1, -0.05) is 0 Å². The molecule has 0 saturated carbocycles. The number of methoxy groups -OCH3 is 1. The average Bonchev–Trinajstić information content (AvgIpc) is 3.06. The molecule has 2 aromatic heterocycles. The van der Waals surface area contributed by atoms with Crippen molar-refractivity contribution in [3.63, 3.8) is 0 Å². The molecule has 7 nitrogen and oxygen atoms in total. The average molecular weight is 365 g/mol. The number of carbonyl (C=O) groups is 1. The lowest BCUT2D eigenvalue weighted by Crippen LogP contribution is -2.13. The molecular weight excluding hydrogens is 342 g/mol. The zero-order valence-corrected chi connectivity index (χ0v) is 15.8. The van der Waals surface area contributed by atoms with Crippen LogP contribution < -0.4 is 0 Å². The van der Waals surface area contributed by atoms with Gasteiger partial charge in [0.05, 0.1) is 30.4 Å². The van der Waals surface area contributed by atoms with Crippen LogP contribution in [-0.2, 0) is 25.8 Å². The van der Waals surface area contributed by atoms with Crippen molar-refractivity contribution in [3.05, 3.63) is 22.5 Å². The van der Waals surface area contributed by atoms with Gasteiger partial charge in [-0.05, 0) is 44.7 Å². The van der Waals surface area contributed by atoms with E-state index < -0.39 is 9.84 Å². The molecule has 1 unspecified atom stereocenters. The highest BCUT2D eigenvalue weighted by atomic mass is 32.2. The first-order valence-corrected chi connectivity index (χ1v) is 10.2. The molecular formula is C17H23N3O4S. The van der Waals surface area contributed by atoms with Crippen LogP contribution in [0.2, 0.25) is 0 Å². The zero-order chi connectivity index (χ0) is 18.4. The number of nitrogens with zero attached hydrogens (tertiary/aromatic N) is 3. The Morgan fingerprint density at radius 3 is 2.60 bits per heavy atom. The fourth-order valence-corrected chi connectivity index (χ4v) is 5.34. The lowest BCUT2D eigenvalue weighted by Gasteiger charge is -2.13. The van der Waals surface area contributed by atoms with Crippen LogP contribution in [0.1, 0.15) is 41.4 Å². The largest absolute Gasteiger partial charge is 0.469 e. The second kappa shape index (κ2) is 6.40. The molecule has 0 spiro atoms. The van der Waals surface area contributed by atoms with Crippen LogP contribution in [0.3, 0.4) is 0 Å². The number of carbonyl (C=O) groups excluding carboxylic acids is 1. The first kappa shape index (κ1) is 17.8. The van der Waals surface area contributed by atoms with Gasteiger partial charge in [-0.15, -0.1) is 0 Å². The molecule has 0 N–H and O–H groups in total. The summed E-state index contributed by atoms with van der Waals surface area (Å²) in [6.07, 6.45) is 1.44. The van der Waals surface area contributed by atoms with Crippen molar-refractivity contribution in [2.24, 2.45) is 0 Å². The van der Waals surface area contributed by atoms with Gasteiger partial charge in [0, 0.05) is 17.5 Å². The molecule has 1 atom stereocenters. The summed E-state index contributed by atoms with van der Waals surface area (Å²) in [5.74, 6) is 0.0721. The van der Waals surface area contributed by atoms with Crippen molar-refractivity contribution in [3.8, 4) is 0 Å². The van der Waals surface area contributed by atoms with E-state index in [0.717, 1.165) is 33.5 Å². The number of aryl methyl sites for hydroxylation is 3. The lowest BCUT2D eigenvalue weighted by atomic mass is 9.99. The fourth-order valence-electron chi connectivity index (χ4n) is 3.65. The van der Waals surface area contributed by atoms with Crippen LogP contribution in [0.25, 0.3) is 11.0 Å². The van der Waals surface area contributed by atoms with Crippen molar-refractivity contribution in [2.45, 2.75) is 46.1 Å². The van der Waals surface area contributed by atoms with E-state index in [1.54, 1.807) is 4.68 Å². The SMILES string of the molecule is COC(=O)CCc1c(C)nc2c(c(C)nn2C2CCS(=O)(=O)C2)c1C. The van der Waals surface area contributed by atoms with E-state index in [9.17, 15) is 13.2 Å². The lowest BCUT2D eigenvalue weighted by molar-refractivity contribution is -0.140. The van der Waals surface area contributed by atoms with E-state index in [1.807, 2.05) is 20.8 Å². The van der Waals surface area contributed by atoms with Crippen LogP contribution in [0, 0.1) is 20.8 Å². The molecule has 0 bridgehead atoms. The molecule has 3 rings (SSSR count). The van der Waals surface area contributed by atoms with Crippen molar-refractivity contribution in [1.82, 2.24) is 14.8 Å². The summed E-state index contributed by atoms with van der Waals surface area (Å²) in [5.41, 5.74) is 4.49. The topological polar surface area (TPSA) is 91.2 Å². The molecule has 0 aliphatic carbocycles. The molecule has 0 radical (unpaired) electrons. The van der Waals surface area contributed by atoms with Crippen LogP contribution in [0.5, 0.6) is 0 Å². The first-order valence-electron chi connectivity index (χ1n) is 8.35. The standard InChI is InChI=1S/C17H23N3O4S/c1-10-14(5-6-15(21)24-4)11(2)18-17-16(10)12(3)19-20(17)13-7-8-25(22,23)9-13/h13H,5-9H2,1-4H3. The Hall–Kier alpha value is -1.96. The van der Waals surface area contributed by atoms with Gasteiger partial charge in [0.15, 0.2) is 15.5 Å². The molecule has 136 valence electrons. The summed E-state index contributed by atoms with van der Waals surface area (Å²) < 4.78 is 30.1. The maximum Gasteiger partial charge on any atom is 0.305 e. The fraction of sp³-hybridized carbons (Fsp3) is 0.588. The smallest absolute Gasteiger partial charge is 0.305 e. The molecule has 0 aromatic carbocycles. The quantitative estimate of drug-likeness (QED) is 0.768. The monoisotopic (exact) mass is 365 g/mol. The Balaban J connectivity index is 2.05. The second-order valence-electron chi connectivity index (χ2n) is 6.66. The Kier molecular flexibility index (Phi) is 4.57. The van der Waals surface area contributed by atoms with Crippen molar-refractivity contribution in [1.29, 1.82) is 0 Å². The number of pyridine rings is 1. The van der Waals surface area contributed by atoms with E-state index >= 15 is 0 Å². The first-order chi connectivity index (χ1) is 11.7. The van der Waals surface area contributed by atoms with E-state index in [4.69, 9.17) is 9.72 Å². The molecule has 3 heterocycles. The number of rotatable bonds is 4. The third-order valence-electron chi connectivity index (χ3n) is 4.96. The summed E-state index contributed by atoms with van der Waals surface area (Å²) in [7, 11) is -1.61. The highest BCUT2D eigenvalue weighted by Gasteiger charge is 2.32. The molecule has 0 amide bonds. The molecule has 1 fully saturated rings. The molecule has 1 aliphatic rings. The maximum absolute atomic E-state index is 11.8. The van der Waals surface area contributed by atoms with Gasteiger partial charge in [0.25, 0.3) is 0 Å². The predicted octanol–water partition coefficient (Wildman–Crippen LogP) is 1.82. The molecule has 1 saturated heterocycles. The Morgan fingerprint density at radius 1 is 1.28 bits per heavy atom. The number of aromatic nitrogens is 3. The van der Waals surface area contributed by atoms with Gasteiger partial charge in [-0.3, -0.25) is 4.79 Å². The van der Waals surface area contributed by atoms with Crippen LogP contribution in [0.15, 0.2) is 0 Å². The number of hydrogen-bond donors (Lipinski definition) is 0. The minimum absolute atomic E-state index is 0.118. The number of hydrogen-bond acceptors (Lipinski definition) is 6. The molecule has 8 heteroatoms. The summed E-state index contributed by atoms with van der Waals surface area (Å²) >= 11 is 0. The minimum Gasteiger partial charge on any atom is -0.469 e. The van der Waals surface area contributed by atoms with Gasteiger partial charge in [-0.25, -0.2) is 18.1 Å². The number of ether oxygens (including phenoxy) is 1. The van der Waals surface area contributed by atoms with Crippen molar-refractivity contribution in [2.75, 3.05) is 18.6 Å². The molecule has 25 heavy (non-hydrogen) atoms. The number of sulfone groups is 1. The molecule has 1 aliphatic heterocycles. The van der Waals surface area contributed by atoms with Gasteiger partial charge in [0.2, 0.25) is 0 Å². The van der Waals surface area contributed by atoms with Gasteiger partial charge in [0.1, 0.15) is 0 Å². The number of fused-ring (bicyclic) bond motifs is 1. The maximum atomic E-state index is 11.8. The summed E-state index contributed by atoms with van der Waals surface area (Å²) in [6.45, 7) is 5.83. The third kappa shape index (κ3) is 3.27. The molecule has 2 aromatic rings. The summed E-state index contributed by atoms with van der Waals surface area (Å²) in [6, 6.07) is -0.159. The Labute approximate surface area is 147 Å². The Bertz CT molecular complexity index is 947. The van der Waals surface area contributed by atoms with Crippen LogP contribution >= 0.6 is 0 Å². The second-order valence-corrected chi connectivity index (χ2v) is 8.89. The van der Waals surface area contributed by atoms with E-state index in [-0.39, 0.29) is 23.5 Å². The van der Waals surface area contributed by atoms with E-state index in [2.05, 4.69) is 5.10 Å². The summed E-state index contributed by atoms with van der Waals surface area (Å²) in [4.78, 5) is 16.2.